The predicted molar refractivity (Wildman–Crippen MR) is 128 cm³/mol. The van der Waals surface area contributed by atoms with E-state index in [0.29, 0.717) is 44.6 Å². The fourth-order valence-electron chi connectivity index (χ4n) is 3.20. The highest BCUT2D eigenvalue weighted by atomic mass is 35.5. The fourth-order valence-corrected chi connectivity index (χ4v) is 3.32. The van der Waals surface area contributed by atoms with Gasteiger partial charge in [-0.15, -0.1) is 0 Å². The maximum absolute atomic E-state index is 12.6. The number of alkyl halides is 3. The average molecular weight is 497 g/mol. The SMILES string of the molecule is O=C(/C=C/C(F)(F)F)Nc1ccc2ncnc(Nc3ccc(C(=O)c4ccc(Cl)cc4)cc3)c2c1. The number of anilines is 3. The van der Waals surface area contributed by atoms with Crippen molar-refractivity contribution in [1.29, 1.82) is 0 Å². The zero-order valence-electron chi connectivity index (χ0n) is 17.8. The van der Waals surface area contributed by atoms with Crippen LogP contribution in [0.5, 0.6) is 0 Å². The lowest BCUT2D eigenvalue weighted by Crippen LogP contribution is -2.10. The molecule has 0 atom stereocenters. The van der Waals surface area contributed by atoms with Crippen molar-refractivity contribution in [2.24, 2.45) is 0 Å². The summed E-state index contributed by atoms with van der Waals surface area (Å²) in [6.45, 7) is 0. The summed E-state index contributed by atoms with van der Waals surface area (Å²) >= 11 is 5.87. The normalized spacial score (nSPS) is 11.5. The van der Waals surface area contributed by atoms with Crippen LogP contribution in [-0.2, 0) is 4.79 Å². The van der Waals surface area contributed by atoms with Gasteiger partial charge in [0.25, 0.3) is 0 Å². The molecule has 0 fully saturated rings. The lowest BCUT2D eigenvalue weighted by Gasteiger charge is -2.11. The molecule has 4 aromatic rings. The molecule has 1 heterocycles. The van der Waals surface area contributed by atoms with Gasteiger partial charge in [-0.3, -0.25) is 9.59 Å². The monoisotopic (exact) mass is 496 g/mol. The van der Waals surface area contributed by atoms with E-state index in [4.69, 9.17) is 11.6 Å². The number of ketones is 1. The molecule has 2 N–H and O–H groups in total. The number of fused-ring (bicyclic) bond motifs is 1. The van der Waals surface area contributed by atoms with Gasteiger partial charge in [0.1, 0.15) is 12.1 Å². The summed E-state index contributed by atoms with van der Waals surface area (Å²) in [6.07, 6.45) is -2.95. The topological polar surface area (TPSA) is 84.0 Å². The quantitative estimate of drug-likeness (QED) is 0.241. The lowest BCUT2D eigenvalue weighted by atomic mass is 10.0. The molecule has 0 aliphatic carbocycles. The first kappa shape index (κ1) is 23.9. The van der Waals surface area contributed by atoms with Crippen LogP contribution in [0.2, 0.25) is 5.02 Å². The number of hydrogen-bond acceptors (Lipinski definition) is 5. The van der Waals surface area contributed by atoms with Crippen LogP contribution in [0.4, 0.5) is 30.4 Å². The van der Waals surface area contributed by atoms with E-state index in [1.54, 1.807) is 60.7 Å². The molecule has 0 radical (unpaired) electrons. The molecule has 0 saturated heterocycles. The average Bonchev–Trinajstić information content (AvgIpc) is 2.83. The Morgan fingerprint density at radius 3 is 2.14 bits per heavy atom. The molecule has 0 unspecified atom stereocenters. The third kappa shape index (κ3) is 6.21. The number of nitrogens with one attached hydrogen (secondary N) is 2. The Hall–Kier alpha value is -4.24. The van der Waals surface area contributed by atoms with Crippen molar-refractivity contribution in [3.8, 4) is 0 Å². The Bertz CT molecular complexity index is 1420. The van der Waals surface area contributed by atoms with Crippen molar-refractivity contribution in [2.45, 2.75) is 6.18 Å². The molecule has 4 rings (SSSR count). The highest BCUT2D eigenvalue weighted by molar-refractivity contribution is 6.30. The molecule has 0 aliphatic heterocycles. The van der Waals surface area contributed by atoms with Gasteiger partial charge >= 0.3 is 6.18 Å². The third-order valence-corrected chi connectivity index (χ3v) is 5.09. The molecule has 35 heavy (non-hydrogen) atoms. The van der Waals surface area contributed by atoms with E-state index in [1.165, 1.54) is 12.4 Å². The Kier molecular flexibility index (Phi) is 6.79. The van der Waals surface area contributed by atoms with Gasteiger partial charge < -0.3 is 10.6 Å². The van der Waals surface area contributed by atoms with Crippen LogP contribution >= 0.6 is 11.6 Å². The maximum atomic E-state index is 12.6. The van der Waals surface area contributed by atoms with Gasteiger partial charge in [-0.05, 0) is 66.7 Å². The number of hydrogen-bond donors (Lipinski definition) is 2. The number of amides is 1. The Balaban J connectivity index is 1.53. The van der Waals surface area contributed by atoms with E-state index in [-0.39, 0.29) is 17.5 Å². The van der Waals surface area contributed by atoms with Crippen LogP contribution in [0.3, 0.4) is 0 Å². The first-order valence-electron chi connectivity index (χ1n) is 10.2. The molecule has 0 aliphatic rings. The van der Waals surface area contributed by atoms with E-state index in [1.807, 2.05) is 0 Å². The smallest absolute Gasteiger partial charge is 0.340 e. The third-order valence-electron chi connectivity index (χ3n) is 4.84. The van der Waals surface area contributed by atoms with Crippen molar-refractivity contribution in [1.82, 2.24) is 9.97 Å². The molecule has 0 bridgehead atoms. The van der Waals surface area contributed by atoms with Gasteiger partial charge in [0, 0.05) is 45.1 Å². The molecule has 1 amide bonds. The van der Waals surface area contributed by atoms with Crippen LogP contribution in [0.1, 0.15) is 15.9 Å². The van der Waals surface area contributed by atoms with Crippen LogP contribution < -0.4 is 10.6 Å². The summed E-state index contributed by atoms with van der Waals surface area (Å²) in [5.74, 6) is -0.664. The number of allylic oxidation sites excluding steroid dienone is 1. The molecule has 1 aromatic heterocycles. The van der Waals surface area contributed by atoms with E-state index in [2.05, 4.69) is 20.6 Å². The van der Waals surface area contributed by atoms with Crippen molar-refractivity contribution in [2.75, 3.05) is 10.6 Å². The van der Waals surface area contributed by atoms with Gasteiger partial charge in [0.05, 0.1) is 5.52 Å². The number of aromatic nitrogens is 2. The van der Waals surface area contributed by atoms with Crippen LogP contribution in [0, 0.1) is 0 Å². The second-order valence-electron chi connectivity index (χ2n) is 7.36. The van der Waals surface area contributed by atoms with E-state index < -0.39 is 12.1 Å². The minimum atomic E-state index is -4.58. The minimum absolute atomic E-state index is 0.138. The van der Waals surface area contributed by atoms with E-state index >= 15 is 0 Å². The van der Waals surface area contributed by atoms with Crippen LogP contribution in [-0.4, -0.2) is 27.8 Å². The van der Waals surface area contributed by atoms with Gasteiger partial charge in [-0.1, -0.05) is 11.6 Å². The van der Waals surface area contributed by atoms with Gasteiger partial charge in [-0.2, -0.15) is 13.2 Å². The minimum Gasteiger partial charge on any atom is -0.340 e. The highest BCUT2D eigenvalue weighted by Crippen LogP contribution is 2.26. The first-order chi connectivity index (χ1) is 16.7. The second kappa shape index (κ2) is 9.94. The predicted octanol–water partition coefficient (Wildman–Crippen LogP) is 6.31. The largest absolute Gasteiger partial charge is 0.409 e. The fraction of sp³-hybridized carbons (Fsp3) is 0.0400. The number of rotatable bonds is 6. The van der Waals surface area contributed by atoms with Gasteiger partial charge in [0.15, 0.2) is 5.78 Å². The molecule has 176 valence electrons. The maximum Gasteiger partial charge on any atom is 0.409 e. The summed E-state index contributed by atoms with van der Waals surface area (Å²) < 4.78 is 36.8. The molecule has 0 spiro atoms. The summed E-state index contributed by atoms with van der Waals surface area (Å²) in [5, 5.41) is 6.59. The van der Waals surface area contributed by atoms with Gasteiger partial charge in [0.2, 0.25) is 5.91 Å². The number of benzene rings is 3. The number of nitrogens with zero attached hydrogens (tertiary/aromatic N) is 2. The molecular formula is C25H16ClF3N4O2. The summed E-state index contributed by atoms with van der Waals surface area (Å²) in [4.78, 5) is 32.8. The molecule has 0 saturated carbocycles. The van der Waals surface area contributed by atoms with Crippen molar-refractivity contribution < 1.29 is 22.8 Å². The molecular weight excluding hydrogens is 481 g/mol. The second-order valence-corrected chi connectivity index (χ2v) is 7.79. The van der Waals surface area contributed by atoms with E-state index in [0.717, 1.165) is 0 Å². The Morgan fingerprint density at radius 1 is 0.857 bits per heavy atom. The molecule has 3 aromatic carbocycles. The summed E-state index contributed by atoms with van der Waals surface area (Å²) in [5.41, 5.74) is 2.47. The van der Waals surface area contributed by atoms with Crippen LogP contribution in [0.15, 0.2) is 85.2 Å². The first-order valence-corrected chi connectivity index (χ1v) is 10.5. The van der Waals surface area contributed by atoms with Crippen molar-refractivity contribution in [3.05, 3.63) is 101 Å². The Labute approximate surface area is 202 Å². The lowest BCUT2D eigenvalue weighted by molar-refractivity contribution is -0.112. The van der Waals surface area contributed by atoms with E-state index in [9.17, 15) is 22.8 Å². The summed E-state index contributed by atoms with van der Waals surface area (Å²) in [6, 6.07) is 18.0. The van der Waals surface area contributed by atoms with Gasteiger partial charge in [-0.25, -0.2) is 9.97 Å². The zero-order chi connectivity index (χ0) is 25.0. The van der Waals surface area contributed by atoms with Crippen LogP contribution in [0.25, 0.3) is 10.9 Å². The molecule has 6 nitrogen and oxygen atoms in total. The zero-order valence-corrected chi connectivity index (χ0v) is 18.6. The Morgan fingerprint density at radius 2 is 1.49 bits per heavy atom. The number of carbonyl (C=O) groups excluding carboxylic acids is 2. The highest BCUT2D eigenvalue weighted by Gasteiger charge is 2.22. The molecule has 10 heteroatoms. The number of halogens is 4. The van der Waals surface area contributed by atoms with Crippen molar-refractivity contribution >= 4 is 51.4 Å². The number of carbonyl (C=O) groups is 2. The van der Waals surface area contributed by atoms with Crippen molar-refractivity contribution in [3.63, 3.8) is 0 Å². The summed E-state index contributed by atoms with van der Waals surface area (Å²) in [7, 11) is 0. The standard InChI is InChI=1S/C25H16ClF3N4O2/c26-17-5-1-15(2-6-17)23(35)16-3-7-18(8-4-16)33-24-20-13-19(9-10-21(20)30-14-31-24)32-22(34)11-12-25(27,28)29/h1-14H,(H,32,34)(H,30,31,33)/b12-11+.